The molecule has 7 rings (SSSR count). The second-order valence-corrected chi connectivity index (χ2v) is 14.3. The highest BCUT2D eigenvalue weighted by Crippen LogP contribution is 2.45. The number of piperazine rings is 1. The molecule has 1 fully saturated rings. The van der Waals surface area contributed by atoms with Crippen LogP contribution in [0.25, 0.3) is 11.1 Å². The number of pyridine rings is 1. The predicted octanol–water partition coefficient (Wildman–Crippen LogP) is 11.9. The number of benzene rings is 5. The molecule has 2 N–H and O–H groups in total. The zero-order chi connectivity index (χ0) is 41.9. The van der Waals surface area contributed by atoms with Gasteiger partial charge in [-0.05, 0) is 90.0 Å². The molecule has 0 unspecified atom stereocenters. The highest BCUT2D eigenvalue weighted by molar-refractivity contribution is 9.10. The molecule has 0 amide bonds. The van der Waals surface area contributed by atoms with Crippen LogP contribution in [0.1, 0.15) is 27.0 Å². The molecular formula is C43H32BrF7N4O4. The van der Waals surface area contributed by atoms with Crippen LogP contribution in [-0.4, -0.2) is 42.2 Å². The topological polar surface area (TPSA) is 87.2 Å². The molecule has 16 heteroatoms. The lowest BCUT2D eigenvalue weighted by Crippen LogP contribution is -2.47. The van der Waals surface area contributed by atoms with Crippen molar-refractivity contribution in [3.8, 4) is 34.1 Å². The van der Waals surface area contributed by atoms with Gasteiger partial charge in [0.1, 0.15) is 28.6 Å². The number of hydrogen-bond donors (Lipinski definition) is 2. The van der Waals surface area contributed by atoms with Gasteiger partial charge in [-0.1, -0.05) is 40.2 Å². The zero-order valence-corrected chi connectivity index (χ0v) is 32.2. The number of carbonyl (C=O) groups is 1. The number of halogens is 8. The van der Waals surface area contributed by atoms with E-state index in [1.807, 2.05) is 12.1 Å². The first-order valence-electron chi connectivity index (χ1n) is 18.0. The van der Waals surface area contributed by atoms with Crippen molar-refractivity contribution in [2.75, 3.05) is 41.3 Å². The SMILES string of the molecule is O=C(O)c1cc(Br)ccc1Oc1cccc(F)c1CNc1cc(C(F)(F)F)c(N2CCN(c3cccc(C(F)(F)F)c3)CC2)cc1Oc1ccc(-c2ccncc2)cc1. The van der Waals surface area contributed by atoms with Gasteiger partial charge in [0.25, 0.3) is 0 Å². The molecule has 0 spiro atoms. The van der Waals surface area contributed by atoms with Gasteiger partial charge in [-0.3, -0.25) is 4.98 Å². The summed E-state index contributed by atoms with van der Waals surface area (Å²) in [6, 6.07) is 25.5. The molecule has 1 saturated heterocycles. The monoisotopic (exact) mass is 880 g/mol. The first kappa shape index (κ1) is 40.9. The van der Waals surface area contributed by atoms with Crippen molar-refractivity contribution in [2.45, 2.75) is 18.9 Å². The molecule has 5 aromatic carbocycles. The van der Waals surface area contributed by atoms with Gasteiger partial charge >= 0.3 is 18.3 Å². The molecule has 8 nitrogen and oxygen atoms in total. The Kier molecular flexibility index (Phi) is 11.7. The molecule has 1 aromatic heterocycles. The quantitative estimate of drug-likeness (QED) is 0.124. The number of aromatic nitrogens is 1. The van der Waals surface area contributed by atoms with Gasteiger partial charge in [0.15, 0.2) is 5.75 Å². The second-order valence-electron chi connectivity index (χ2n) is 13.4. The molecule has 0 atom stereocenters. The van der Waals surface area contributed by atoms with Crippen LogP contribution in [0.15, 0.2) is 126 Å². The van der Waals surface area contributed by atoms with E-state index in [0.717, 1.165) is 35.4 Å². The number of hydrogen-bond acceptors (Lipinski definition) is 7. The van der Waals surface area contributed by atoms with E-state index in [1.54, 1.807) is 41.6 Å². The van der Waals surface area contributed by atoms with Crippen LogP contribution in [0.3, 0.4) is 0 Å². The maximum atomic E-state index is 15.5. The molecule has 0 radical (unpaired) electrons. The minimum absolute atomic E-state index is 0.0372. The average molecular weight is 882 g/mol. The summed E-state index contributed by atoms with van der Waals surface area (Å²) in [4.78, 5) is 19.1. The van der Waals surface area contributed by atoms with Gasteiger partial charge in [-0.25, -0.2) is 9.18 Å². The molecule has 0 aliphatic carbocycles. The number of anilines is 3. The summed E-state index contributed by atoms with van der Waals surface area (Å²) in [5.41, 5.74) is -0.554. The van der Waals surface area contributed by atoms with E-state index in [0.29, 0.717) is 10.2 Å². The number of carboxylic acids is 1. The molecule has 304 valence electrons. The van der Waals surface area contributed by atoms with E-state index < -0.39 is 41.8 Å². The van der Waals surface area contributed by atoms with E-state index in [9.17, 15) is 36.2 Å². The zero-order valence-electron chi connectivity index (χ0n) is 30.6. The fraction of sp³-hybridized carbons (Fsp3) is 0.163. The third-order valence-electron chi connectivity index (χ3n) is 9.58. The van der Waals surface area contributed by atoms with Crippen LogP contribution >= 0.6 is 15.9 Å². The number of ether oxygens (including phenoxy) is 2. The summed E-state index contributed by atoms with van der Waals surface area (Å²) in [6.07, 6.45) is -6.17. The fourth-order valence-corrected chi connectivity index (χ4v) is 6.98. The Labute approximate surface area is 341 Å². The molecule has 59 heavy (non-hydrogen) atoms. The largest absolute Gasteiger partial charge is 0.478 e. The Hall–Kier alpha value is -6.29. The molecular weight excluding hydrogens is 849 g/mol. The molecule has 0 saturated carbocycles. The minimum Gasteiger partial charge on any atom is -0.478 e. The molecule has 1 aliphatic rings. The van der Waals surface area contributed by atoms with Crippen LogP contribution in [0, 0.1) is 5.82 Å². The third kappa shape index (κ3) is 9.54. The van der Waals surface area contributed by atoms with Gasteiger partial charge in [0.2, 0.25) is 0 Å². The van der Waals surface area contributed by atoms with E-state index in [-0.39, 0.29) is 71.7 Å². The Bertz CT molecular complexity index is 2460. The molecule has 6 aromatic rings. The van der Waals surface area contributed by atoms with Crippen molar-refractivity contribution in [3.05, 3.63) is 154 Å². The summed E-state index contributed by atoms with van der Waals surface area (Å²) in [5.74, 6) is -2.01. The van der Waals surface area contributed by atoms with Crippen LogP contribution < -0.4 is 24.6 Å². The Balaban J connectivity index is 1.22. The summed E-state index contributed by atoms with van der Waals surface area (Å²) >= 11 is 3.22. The fourth-order valence-electron chi connectivity index (χ4n) is 6.62. The third-order valence-corrected chi connectivity index (χ3v) is 10.1. The average Bonchev–Trinajstić information content (AvgIpc) is 3.21. The molecule has 0 bridgehead atoms. The van der Waals surface area contributed by atoms with Crippen molar-refractivity contribution in [1.29, 1.82) is 0 Å². The Morgan fingerprint density at radius 3 is 2.08 bits per heavy atom. The van der Waals surface area contributed by atoms with Crippen LogP contribution in [-0.2, 0) is 18.9 Å². The first-order chi connectivity index (χ1) is 28.1. The van der Waals surface area contributed by atoms with Gasteiger partial charge < -0.3 is 29.7 Å². The van der Waals surface area contributed by atoms with Crippen molar-refractivity contribution < 1.29 is 50.1 Å². The lowest BCUT2D eigenvalue weighted by molar-refractivity contribution is -0.138. The predicted molar refractivity (Wildman–Crippen MR) is 212 cm³/mol. The summed E-state index contributed by atoms with van der Waals surface area (Å²) < 4.78 is 113. The van der Waals surface area contributed by atoms with E-state index in [4.69, 9.17) is 9.47 Å². The van der Waals surface area contributed by atoms with Gasteiger partial charge in [0.05, 0.1) is 22.5 Å². The van der Waals surface area contributed by atoms with E-state index >= 15 is 4.39 Å². The number of aromatic carboxylic acids is 1. The number of rotatable bonds is 11. The maximum absolute atomic E-state index is 15.5. The second kappa shape index (κ2) is 16.9. The molecule has 2 heterocycles. The maximum Gasteiger partial charge on any atom is 0.418 e. The Morgan fingerprint density at radius 1 is 0.729 bits per heavy atom. The van der Waals surface area contributed by atoms with Crippen molar-refractivity contribution in [3.63, 3.8) is 0 Å². The Morgan fingerprint density at radius 2 is 1.41 bits per heavy atom. The van der Waals surface area contributed by atoms with Gasteiger partial charge in [0, 0.05) is 66.9 Å². The van der Waals surface area contributed by atoms with E-state index in [1.165, 1.54) is 53.4 Å². The first-order valence-corrected chi connectivity index (χ1v) is 18.8. The highest BCUT2D eigenvalue weighted by atomic mass is 79.9. The highest BCUT2D eigenvalue weighted by Gasteiger charge is 2.38. The normalized spacial score (nSPS) is 13.3. The smallest absolute Gasteiger partial charge is 0.418 e. The molecule has 1 aliphatic heterocycles. The summed E-state index contributed by atoms with van der Waals surface area (Å²) in [7, 11) is 0. The lowest BCUT2D eigenvalue weighted by atomic mass is 10.1. The van der Waals surface area contributed by atoms with Crippen molar-refractivity contribution in [1.82, 2.24) is 4.98 Å². The standard InChI is InChI=1S/C43H32BrF7N4O4/c44-29-9-12-39(32(22-29)41(56)57)59-38-6-2-5-35(45)33(38)25-53-36-23-34(43(49,50)51)37(24-40(36)58-31-10-7-26(8-11-31)27-13-15-52-16-14-27)55-19-17-54(18-20-55)30-4-1-3-28(21-30)42(46,47)48/h1-16,21-24,53H,17-20,25H2,(H,56,57). The van der Waals surface area contributed by atoms with Gasteiger partial charge in [-0.15, -0.1) is 0 Å². The van der Waals surface area contributed by atoms with Crippen LogP contribution in [0.2, 0.25) is 0 Å². The number of carboxylic acid groups (broad SMARTS) is 1. The van der Waals surface area contributed by atoms with Crippen molar-refractivity contribution in [2.24, 2.45) is 0 Å². The minimum atomic E-state index is -4.88. The lowest BCUT2D eigenvalue weighted by Gasteiger charge is -2.38. The summed E-state index contributed by atoms with van der Waals surface area (Å²) in [6.45, 7) is -0.0792. The summed E-state index contributed by atoms with van der Waals surface area (Å²) in [5, 5.41) is 12.6. The van der Waals surface area contributed by atoms with Crippen molar-refractivity contribution >= 4 is 39.0 Å². The van der Waals surface area contributed by atoms with Crippen LogP contribution in [0.4, 0.5) is 47.8 Å². The van der Waals surface area contributed by atoms with E-state index in [2.05, 4.69) is 26.2 Å². The van der Waals surface area contributed by atoms with Crippen LogP contribution in [0.5, 0.6) is 23.0 Å². The number of nitrogens with zero attached hydrogens (tertiary/aromatic N) is 3. The van der Waals surface area contributed by atoms with Gasteiger partial charge in [-0.2, -0.15) is 26.3 Å². The number of nitrogens with one attached hydrogen (secondary N) is 1. The number of alkyl halides is 6.